The summed E-state index contributed by atoms with van der Waals surface area (Å²) in [6, 6.07) is 6.47. The van der Waals surface area contributed by atoms with Gasteiger partial charge in [0.25, 0.3) is 0 Å². The summed E-state index contributed by atoms with van der Waals surface area (Å²) in [4.78, 5) is 14.7. The Morgan fingerprint density at radius 2 is 2.20 bits per heavy atom. The molecule has 1 heterocycles. The van der Waals surface area contributed by atoms with Crippen molar-refractivity contribution in [2.75, 3.05) is 0 Å². The number of rotatable bonds is 2. The maximum absolute atomic E-state index is 10.7. The molecule has 2 rings (SSSR count). The second-order valence-corrected chi connectivity index (χ2v) is 3.29. The molecule has 2 aromatic rings. The molecule has 1 aromatic carbocycles. The Balaban J connectivity index is 2.49. The lowest BCUT2D eigenvalue weighted by Gasteiger charge is -1.97. The first kappa shape index (κ1) is 9.60. The van der Waals surface area contributed by atoms with Crippen molar-refractivity contribution in [3.05, 3.63) is 34.6 Å². The van der Waals surface area contributed by atoms with Crippen molar-refractivity contribution in [1.29, 1.82) is 0 Å². The second-order valence-electron chi connectivity index (χ2n) is 2.90. The van der Waals surface area contributed by atoms with Gasteiger partial charge in [-0.25, -0.2) is 4.79 Å². The van der Waals surface area contributed by atoms with Crippen LogP contribution in [0.15, 0.2) is 24.3 Å². The average Bonchev–Trinajstić information content (AvgIpc) is 2.65. The quantitative estimate of drug-likeness (QED) is 0.676. The Labute approximate surface area is 89.8 Å². The number of hydrogen-bond donors (Lipinski definition) is 3. The zero-order valence-electron chi connectivity index (χ0n) is 7.52. The van der Waals surface area contributed by atoms with Crippen molar-refractivity contribution in [3.8, 4) is 11.4 Å². The lowest BCUT2D eigenvalue weighted by Crippen LogP contribution is -1.96. The predicted octanol–water partition coefficient (Wildman–Crippen LogP) is 1.83. The number of carboxylic acid groups (broad SMARTS) is 1. The van der Waals surface area contributed by atoms with Crippen LogP contribution in [0.4, 0.5) is 0 Å². The first-order valence-corrected chi connectivity index (χ1v) is 4.56. The van der Waals surface area contributed by atoms with Gasteiger partial charge in [-0.05, 0) is 24.4 Å². The molecule has 6 heteroatoms. The molecule has 5 nitrogen and oxygen atoms in total. The second kappa shape index (κ2) is 3.66. The number of carbonyl (C=O) groups is 1. The highest BCUT2D eigenvalue weighted by molar-refractivity contribution is 7.71. The molecule has 0 aliphatic rings. The van der Waals surface area contributed by atoms with Gasteiger partial charge in [0.1, 0.15) is 0 Å². The lowest BCUT2D eigenvalue weighted by atomic mass is 10.1. The summed E-state index contributed by atoms with van der Waals surface area (Å²) in [6.07, 6.45) is 0. The molecule has 0 radical (unpaired) electrons. The van der Waals surface area contributed by atoms with Crippen LogP contribution in [0.1, 0.15) is 10.4 Å². The summed E-state index contributed by atoms with van der Waals surface area (Å²) in [5, 5.41) is 14.2. The van der Waals surface area contributed by atoms with Crippen LogP contribution in [-0.2, 0) is 0 Å². The third-order valence-electron chi connectivity index (χ3n) is 1.88. The third-order valence-corrected chi connectivity index (χ3v) is 2.08. The zero-order chi connectivity index (χ0) is 10.8. The highest BCUT2D eigenvalue weighted by Crippen LogP contribution is 2.15. The molecule has 3 N–H and O–H groups in total. The van der Waals surface area contributed by atoms with Crippen molar-refractivity contribution in [2.45, 2.75) is 0 Å². The molecular formula is C9H7N3O2S. The van der Waals surface area contributed by atoms with Gasteiger partial charge in [0.05, 0.1) is 5.56 Å². The number of aromatic carboxylic acids is 1. The van der Waals surface area contributed by atoms with E-state index in [1.54, 1.807) is 12.1 Å². The van der Waals surface area contributed by atoms with Crippen LogP contribution in [0, 0.1) is 4.77 Å². The molecule has 0 saturated carbocycles. The van der Waals surface area contributed by atoms with E-state index < -0.39 is 5.97 Å². The highest BCUT2D eigenvalue weighted by Gasteiger charge is 2.06. The van der Waals surface area contributed by atoms with E-state index >= 15 is 0 Å². The van der Waals surface area contributed by atoms with Crippen LogP contribution < -0.4 is 0 Å². The van der Waals surface area contributed by atoms with Crippen molar-refractivity contribution in [2.24, 2.45) is 0 Å². The van der Waals surface area contributed by atoms with E-state index in [4.69, 9.17) is 17.3 Å². The number of benzene rings is 1. The van der Waals surface area contributed by atoms with Crippen LogP contribution in [0.2, 0.25) is 0 Å². The third kappa shape index (κ3) is 1.94. The van der Waals surface area contributed by atoms with Gasteiger partial charge >= 0.3 is 5.97 Å². The van der Waals surface area contributed by atoms with Gasteiger partial charge in [0, 0.05) is 5.56 Å². The smallest absolute Gasteiger partial charge is 0.335 e. The Kier molecular flexibility index (Phi) is 2.34. The lowest BCUT2D eigenvalue weighted by molar-refractivity contribution is 0.0697. The normalized spacial score (nSPS) is 10.1. The molecule has 0 amide bonds. The molecule has 15 heavy (non-hydrogen) atoms. The van der Waals surface area contributed by atoms with E-state index in [-0.39, 0.29) is 5.56 Å². The molecule has 0 saturated heterocycles. The van der Waals surface area contributed by atoms with Gasteiger partial charge in [0.2, 0.25) is 4.77 Å². The maximum atomic E-state index is 10.7. The van der Waals surface area contributed by atoms with Gasteiger partial charge in [0.15, 0.2) is 5.82 Å². The fraction of sp³-hybridized carbons (Fsp3) is 0. The van der Waals surface area contributed by atoms with Gasteiger partial charge in [-0.15, -0.1) is 0 Å². The minimum Gasteiger partial charge on any atom is -0.478 e. The van der Waals surface area contributed by atoms with Crippen LogP contribution in [0.3, 0.4) is 0 Å². The van der Waals surface area contributed by atoms with Gasteiger partial charge < -0.3 is 5.11 Å². The molecule has 0 spiro atoms. The fourth-order valence-corrected chi connectivity index (χ4v) is 1.35. The molecule has 76 valence electrons. The van der Waals surface area contributed by atoms with Crippen molar-refractivity contribution >= 4 is 18.2 Å². The van der Waals surface area contributed by atoms with Crippen molar-refractivity contribution < 1.29 is 9.90 Å². The molecule has 0 aliphatic carbocycles. The first-order valence-electron chi connectivity index (χ1n) is 4.15. The van der Waals surface area contributed by atoms with Gasteiger partial charge in [-0.2, -0.15) is 4.98 Å². The van der Waals surface area contributed by atoms with Crippen molar-refractivity contribution in [3.63, 3.8) is 0 Å². The van der Waals surface area contributed by atoms with E-state index in [0.29, 0.717) is 16.2 Å². The largest absolute Gasteiger partial charge is 0.478 e. The standard InChI is InChI=1S/C9H7N3O2S/c13-8(14)6-3-1-2-5(4-6)7-10-9(15)12-11-7/h1-4H,(H,13,14)(H2,10,11,12,15). The molecule has 0 unspecified atom stereocenters. The molecular weight excluding hydrogens is 214 g/mol. The number of nitrogens with zero attached hydrogens (tertiary/aromatic N) is 1. The average molecular weight is 221 g/mol. The molecule has 1 aromatic heterocycles. The summed E-state index contributed by atoms with van der Waals surface area (Å²) < 4.78 is 0.339. The summed E-state index contributed by atoms with van der Waals surface area (Å²) in [6.45, 7) is 0. The van der Waals surface area contributed by atoms with E-state index in [1.807, 2.05) is 0 Å². The number of nitrogens with one attached hydrogen (secondary N) is 2. The number of aromatic nitrogens is 3. The molecule has 0 fully saturated rings. The summed E-state index contributed by atoms with van der Waals surface area (Å²) in [5.74, 6) is -0.436. The van der Waals surface area contributed by atoms with E-state index in [2.05, 4.69) is 15.2 Å². The Hall–Kier alpha value is -1.95. The Morgan fingerprint density at radius 3 is 2.80 bits per heavy atom. The number of H-pyrrole nitrogens is 2. The minimum atomic E-state index is -0.967. The van der Waals surface area contributed by atoms with E-state index in [9.17, 15) is 4.79 Å². The SMILES string of the molecule is O=C(O)c1cccc(-c2nc(=S)[nH][nH]2)c1. The summed E-state index contributed by atoms with van der Waals surface area (Å²) >= 11 is 4.80. The zero-order valence-corrected chi connectivity index (χ0v) is 8.34. The topological polar surface area (TPSA) is 81.8 Å². The van der Waals surface area contributed by atoms with Crippen LogP contribution in [-0.4, -0.2) is 26.3 Å². The summed E-state index contributed by atoms with van der Waals surface area (Å²) in [5.41, 5.74) is 0.900. The van der Waals surface area contributed by atoms with Crippen LogP contribution >= 0.6 is 12.2 Å². The maximum Gasteiger partial charge on any atom is 0.335 e. The van der Waals surface area contributed by atoms with Gasteiger partial charge in [-0.1, -0.05) is 12.1 Å². The van der Waals surface area contributed by atoms with Gasteiger partial charge in [-0.3, -0.25) is 10.2 Å². The predicted molar refractivity (Wildman–Crippen MR) is 56.2 cm³/mol. The Morgan fingerprint density at radius 1 is 1.40 bits per heavy atom. The molecule has 0 atom stereocenters. The van der Waals surface area contributed by atoms with E-state index in [1.165, 1.54) is 12.1 Å². The fourth-order valence-electron chi connectivity index (χ4n) is 1.21. The minimum absolute atomic E-state index is 0.217. The van der Waals surface area contributed by atoms with Crippen molar-refractivity contribution in [1.82, 2.24) is 15.2 Å². The number of hydrogen-bond acceptors (Lipinski definition) is 3. The van der Waals surface area contributed by atoms with E-state index in [0.717, 1.165) is 0 Å². The number of aromatic amines is 2. The van der Waals surface area contributed by atoms with Crippen LogP contribution in [0.5, 0.6) is 0 Å². The summed E-state index contributed by atoms with van der Waals surface area (Å²) in [7, 11) is 0. The molecule has 0 aliphatic heterocycles. The highest BCUT2D eigenvalue weighted by atomic mass is 32.1. The Bertz CT molecular complexity index is 558. The van der Waals surface area contributed by atoms with Crippen LogP contribution in [0.25, 0.3) is 11.4 Å². The molecule has 0 bridgehead atoms. The monoisotopic (exact) mass is 221 g/mol. The first-order chi connectivity index (χ1) is 7.16. The number of carboxylic acids is 1.